The number of halogens is 1. The van der Waals surface area contributed by atoms with E-state index in [0.717, 1.165) is 5.82 Å². The second-order valence-electron chi connectivity index (χ2n) is 4.50. The van der Waals surface area contributed by atoms with E-state index < -0.39 is 0 Å². The maximum absolute atomic E-state index is 5.77. The highest BCUT2D eigenvalue weighted by molar-refractivity contribution is 6.28. The Bertz CT molecular complexity index is 384. The molecule has 5 heteroatoms. The molecule has 2 saturated heterocycles. The van der Waals surface area contributed by atoms with Gasteiger partial charge in [-0.25, -0.2) is 9.97 Å². The second-order valence-corrected chi connectivity index (χ2v) is 4.83. The van der Waals surface area contributed by atoms with Crippen molar-refractivity contribution in [2.45, 2.75) is 31.3 Å². The van der Waals surface area contributed by atoms with Gasteiger partial charge < -0.3 is 5.32 Å². The van der Waals surface area contributed by atoms with Crippen molar-refractivity contribution in [2.75, 3.05) is 18.4 Å². The van der Waals surface area contributed by atoms with Gasteiger partial charge >= 0.3 is 0 Å². The molecular formula is C11H15ClN4. The van der Waals surface area contributed by atoms with Gasteiger partial charge in [-0.2, -0.15) is 0 Å². The van der Waals surface area contributed by atoms with Crippen LogP contribution in [0.4, 0.5) is 5.82 Å². The number of rotatable bonds is 2. The van der Waals surface area contributed by atoms with E-state index >= 15 is 0 Å². The maximum atomic E-state index is 5.77. The summed E-state index contributed by atoms with van der Waals surface area (Å²) in [5.41, 5.74) is 0. The minimum atomic E-state index is 0.311. The van der Waals surface area contributed by atoms with Crippen molar-refractivity contribution >= 4 is 17.4 Å². The zero-order valence-electron chi connectivity index (χ0n) is 9.06. The molecule has 3 heterocycles. The summed E-state index contributed by atoms with van der Waals surface area (Å²) in [6.07, 6.45) is 5.52. The fourth-order valence-corrected chi connectivity index (χ4v) is 3.00. The first-order valence-electron chi connectivity index (χ1n) is 5.82. The van der Waals surface area contributed by atoms with E-state index in [4.69, 9.17) is 11.6 Å². The summed E-state index contributed by atoms with van der Waals surface area (Å²) in [5, 5.41) is 3.79. The quantitative estimate of drug-likeness (QED) is 0.798. The largest absolute Gasteiger partial charge is 0.366 e. The van der Waals surface area contributed by atoms with Crippen LogP contribution in [-0.2, 0) is 0 Å². The van der Waals surface area contributed by atoms with Gasteiger partial charge in [0.2, 0.25) is 5.28 Å². The molecule has 3 rings (SSSR count). The predicted octanol–water partition coefficient (Wildman–Crippen LogP) is 1.78. The van der Waals surface area contributed by atoms with Gasteiger partial charge in [0.15, 0.2) is 0 Å². The van der Waals surface area contributed by atoms with Crippen LogP contribution in [0.1, 0.15) is 19.3 Å². The fraction of sp³-hybridized carbons (Fsp3) is 0.636. The van der Waals surface area contributed by atoms with E-state index in [1.807, 2.05) is 6.07 Å². The van der Waals surface area contributed by atoms with Crippen LogP contribution >= 0.6 is 11.6 Å². The Morgan fingerprint density at radius 1 is 1.38 bits per heavy atom. The summed E-state index contributed by atoms with van der Waals surface area (Å²) in [6, 6.07) is 3.09. The Labute approximate surface area is 100 Å². The Kier molecular flexibility index (Phi) is 2.69. The lowest BCUT2D eigenvalue weighted by Gasteiger charge is -2.21. The topological polar surface area (TPSA) is 41.1 Å². The van der Waals surface area contributed by atoms with Gasteiger partial charge in [0, 0.05) is 24.8 Å². The Morgan fingerprint density at radius 2 is 2.31 bits per heavy atom. The Morgan fingerprint density at radius 3 is 3.19 bits per heavy atom. The van der Waals surface area contributed by atoms with E-state index in [1.54, 1.807) is 6.20 Å². The average molecular weight is 239 g/mol. The highest BCUT2D eigenvalue weighted by Crippen LogP contribution is 2.29. The van der Waals surface area contributed by atoms with Gasteiger partial charge in [-0.1, -0.05) is 0 Å². The molecule has 1 aromatic heterocycles. The number of anilines is 1. The van der Waals surface area contributed by atoms with Gasteiger partial charge in [0.25, 0.3) is 0 Å². The third-order valence-electron chi connectivity index (χ3n) is 3.57. The van der Waals surface area contributed by atoms with Crippen LogP contribution in [0, 0.1) is 0 Å². The first-order chi connectivity index (χ1) is 7.83. The zero-order valence-corrected chi connectivity index (χ0v) is 9.82. The molecule has 0 saturated carbocycles. The van der Waals surface area contributed by atoms with Crippen molar-refractivity contribution in [3.63, 3.8) is 0 Å². The van der Waals surface area contributed by atoms with Gasteiger partial charge in [-0.15, -0.1) is 0 Å². The first-order valence-corrected chi connectivity index (χ1v) is 6.20. The lowest BCUT2D eigenvalue weighted by Crippen LogP contribution is -2.34. The van der Waals surface area contributed by atoms with Crippen molar-refractivity contribution in [1.29, 1.82) is 0 Å². The molecule has 0 aromatic carbocycles. The van der Waals surface area contributed by atoms with Gasteiger partial charge in [-0.05, 0) is 43.5 Å². The van der Waals surface area contributed by atoms with Crippen LogP contribution in [0.15, 0.2) is 12.3 Å². The molecule has 0 aliphatic carbocycles. The number of fused-ring (bicyclic) bond motifs is 1. The molecule has 16 heavy (non-hydrogen) atoms. The molecule has 0 spiro atoms. The van der Waals surface area contributed by atoms with Crippen LogP contribution in [0.5, 0.6) is 0 Å². The third-order valence-corrected chi connectivity index (χ3v) is 3.75. The molecule has 2 atom stereocenters. The summed E-state index contributed by atoms with van der Waals surface area (Å²) in [4.78, 5) is 10.6. The first kappa shape index (κ1) is 10.3. The van der Waals surface area contributed by atoms with Gasteiger partial charge in [0.05, 0.1) is 0 Å². The highest BCUT2D eigenvalue weighted by Gasteiger charge is 2.37. The predicted molar refractivity (Wildman–Crippen MR) is 63.7 cm³/mol. The third kappa shape index (κ3) is 1.87. The van der Waals surface area contributed by atoms with E-state index in [1.165, 1.54) is 32.4 Å². The average Bonchev–Trinajstić information content (AvgIpc) is 2.83. The van der Waals surface area contributed by atoms with E-state index in [2.05, 4.69) is 20.2 Å². The molecule has 2 aliphatic rings. The molecule has 86 valence electrons. The lowest BCUT2D eigenvalue weighted by molar-refractivity contribution is 0.318. The van der Waals surface area contributed by atoms with Crippen molar-refractivity contribution in [3.05, 3.63) is 17.5 Å². The molecule has 2 fully saturated rings. The summed E-state index contributed by atoms with van der Waals surface area (Å²) >= 11 is 5.77. The van der Waals surface area contributed by atoms with Gasteiger partial charge in [-0.3, -0.25) is 4.90 Å². The van der Waals surface area contributed by atoms with Crippen molar-refractivity contribution in [1.82, 2.24) is 14.9 Å². The second kappa shape index (κ2) is 4.18. The number of hydrogen-bond donors (Lipinski definition) is 1. The van der Waals surface area contributed by atoms with Crippen molar-refractivity contribution < 1.29 is 0 Å². The Hall–Kier alpha value is -0.870. The lowest BCUT2D eigenvalue weighted by atomic mass is 10.1. The van der Waals surface area contributed by atoms with Crippen LogP contribution in [0.2, 0.25) is 5.28 Å². The smallest absolute Gasteiger partial charge is 0.224 e. The molecular weight excluding hydrogens is 224 g/mol. The molecule has 0 amide bonds. The van der Waals surface area contributed by atoms with E-state index in [0.29, 0.717) is 17.4 Å². The molecule has 2 unspecified atom stereocenters. The molecule has 1 aromatic rings. The monoisotopic (exact) mass is 238 g/mol. The normalized spacial score (nSPS) is 29.3. The van der Waals surface area contributed by atoms with Crippen molar-refractivity contribution in [2.24, 2.45) is 0 Å². The van der Waals surface area contributed by atoms with Gasteiger partial charge in [0.1, 0.15) is 5.82 Å². The van der Waals surface area contributed by atoms with E-state index in [9.17, 15) is 0 Å². The summed E-state index contributed by atoms with van der Waals surface area (Å²) in [7, 11) is 0. The number of nitrogens with one attached hydrogen (secondary N) is 1. The minimum absolute atomic E-state index is 0.311. The summed E-state index contributed by atoms with van der Waals surface area (Å²) in [5.74, 6) is 0.846. The molecule has 2 aliphatic heterocycles. The Balaban J connectivity index is 1.71. The standard InChI is InChI=1S/C11H15ClN4/c12-11-13-5-3-10(15-11)14-8-4-7-16-6-1-2-9(8)16/h3,5,8-9H,1-2,4,6-7H2,(H,13,14,15). The van der Waals surface area contributed by atoms with Crippen LogP contribution < -0.4 is 5.32 Å². The minimum Gasteiger partial charge on any atom is -0.366 e. The molecule has 1 N–H and O–H groups in total. The van der Waals surface area contributed by atoms with Crippen LogP contribution in [0.3, 0.4) is 0 Å². The van der Waals surface area contributed by atoms with Crippen LogP contribution in [0.25, 0.3) is 0 Å². The van der Waals surface area contributed by atoms with Crippen molar-refractivity contribution in [3.8, 4) is 0 Å². The fourth-order valence-electron chi connectivity index (χ4n) is 2.86. The number of hydrogen-bond acceptors (Lipinski definition) is 4. The zero-order chi connectivity index (χ0) is 11.0. The molecule has 0 bridgehead atoms. The summed E-state index contributed by atoms with van der Waals surface area (Å²) < 4.78 is 0. The molecule has 0 radical (unpaired) electrons. The van der Waals surface area contributed by atoms with E-state index in [-0.39, 0.29) is 0 Å². The molecule has 4 nitrogen and oxygen atoms in total. The summed E-state index contributed by atoms with van der Waals surface area (Å²) in [6.45, 7) is 2.47. The van der Waals surface area contributed by atoms with Crippen LogP contribution in [-0.4, -0.2) is 40.0 Å². The maximum Gasteiger partial charge on any atom is 0.224 e. The number of aromatic nitrogens is 2. The number of nitrogens with zero attached hydrogens (tertiary/aromatic N) is 3. The SMILES string of the molecule is Clc1nccc(NC2CCN3CCCC23)n1. The highest BCUT2D eigenvalue weighted by atomic mass is 35.5.